The van der Waals surface area contributed by atoms with Crippen molar-refractivity contribution in [3.8, 4) is 0 Å². The lowest BCUT2D eigenvalue weighted by Gasteiger charge is -2.10. The summed E-state index contributed by atoms with van der Waals surface area (Å²) in [6.45, 7) is 5.94. The normalized spacial score (nSPS) is 11.1. The number of thioether (sulfide) groups is 1. The Labute approximate surface area is 109 Å². The molecule has 0 radical (unpaired) electrons. The van der Waals surface area contributed by atoms with Gasteiger partial charge in [0.2, 0.25) is 0 Å². The third-order valence-electron chi connectivity index (χ3n) is 2.60. The van der Waals surface area contributed by atoms with Crippen LogP contribution in [0.4, 0.5) is 0 Å². The van der Waals surface area contributed by atoms with Crippen LogP contribution in [0.15, 0.2) is 32.3 Å². The Hall–Kier alpha value is -1.55. The van der Waals surface area contributed by atoms with Crippen LogP contribution < -0.4 is 5.63 Å². The lowest BCUT2D eigenvalue weighted by molar-refractivity contribution is 0.112. The predicted octanol–water partition coefficient (Wildman–Crippen LogP) is 3.41. The van der Waals surface area contributed by atoms with Gasteiger partial charge in [0, 0.05) is 21.6 Å². The molecule has 3 nitrogen and oxygen atoms in total. The van der Waals surface area contributed by atoms with E-state index in [1.54, 1.807) is 11.8 Å². The zero-order valence-electron chi connectivity index (χ0n) is 10.5. The van der Waals surface area contributed by atoms with E-state index in [9.17, 15) is 9.59 Å². The second-order valence-electron chi connectivity index (χ2n) is 4.39. The van der Waals surface area contributed by atoms with Crippen molar-refractivity contribution in [1.82, 2.24) is 0 Å². The smallest absolute Gasteiger partial charge is 0.336 e. The fraction of sp³-hybridized carbons (Fsp3) is 0.286. The first-order chi connectivity index (χ1) is 8.52. The summed E-state index contributed by atoms with van der Waals surface area (Å²) < 4.78 is 5.19. The van der Waals surface area contributed by atoms with E-state index in [0.29, 0.717) is 16.4 Å². The maximum Gasteiger partial charge on any atom is 0.336 e. The van der Waals surface area contributed by atoms with E-state index in [-0.39, 0.29) is 0 Å². The molecule has 1 heterocycles. The van der Waals surface area contributed by atoms with Crippen molar-refractivity contribution in [2.75, 3.05) is 0 Å². The molecule has 0 unspecified atom stereocenters. The number of aldehydes is 1. The summed E-state index contributed by atoms with van der Waals surface area (Å²) in [4.78, 5) is 23.5. The molecule has 2 aromatic rings. The molecule has 18 heavy (non-hydrogen) atoms. The second-order valence-corrected chi connectivity index (χ2v) is 6.01. The van der Waals surface area contributed by atoms with E-state index >= 15 is 0 Å². The van der Waals surface area contributed by atoms with Gasteiger partial charge in [0.1, 0.15) is 5.58 Å². The molecular weight excluding hydrogens is 248 g/mol. The van der Waals surface area contributed by atoms with Gasteiger partial charge in [0.25, 0.3) is 0 Å². The standard InChI is InChI=1S/C14H14O3S/c1-8(2)18-12-5-4-10-9(3)6-13(16)17-14(10)11(12)7-15/h4-8H,1-3H3. The quantitative estimate of drug-likeness (QED) is 0.483. The monoisotopic (exact) mass is 262 g/mol. The van der Waals surface area contributed by atoms with Crippen LogP contribution in [-0.2, 0) is 0 Å². The lowest BCUT2D eigenvalue weighted by Crippen LogP contribution is -2.01. The fourth-order valence-electron chi connectivity index (χ4n) is 1.85. The highest BCUT2D eigenvalue weighted by Gasteiger charge is 2.13. The molecule has 0 atom stereocenters. The minimum Gasteiger partial charge on any atom is -0.422 e. The Morgan fingerprint density at radius 1 is 1.33 bits per heavy atom. The number of carbonyl (C=O) groups is 1. The van der Waals surface area contributed by atoms with Crippen LogP contribution in [-0.4, -0.2) is 11.5 Å². The molecule has 2 rings (SSSR count). The molecule has 0 amide bonds. The summed E-state index contributed by atoms with van der Waals surface area (Å²) in [5.41, 5.74) is 1.26. The largest absolute Gasteiger partial charge is 0.422 e. The molecule has 0 aliphatic carbocycles. The lowest BCUT2D eigenvalue weighted by atomic mass is 10.1. The molecule has 0 aliphatic rings. The Morgan fingerprint density at radius 3 is 2.67 bits per heavy atom. The molecule has 1 aromatic heterocycles. The number of hydrogen-bond donors (Lipinski definition) is 0. The summed E-state index contributed by atoms with van der Waals surface area (Å²) in [7, 11) is 0. The third-order valence-corrected chi connectivity index (χ3v) is 3.68. The van der Waals surface area contributed by atoms with Crippen molar-refractivity contribution in [3.05, 3.63) is 39.7 Å². The molecule has 0 bridgehead atoms. The Kier molecular flexibility index (Phi) is 3.57. The SMILES string of the molecule is Cc1cc(=O)oc2c(C=O)c(SC(C)C)ccc12. The molecule has 1 aromatic carbocycles. The maximum absolute atomic E-state index is 11.4. The number of carbonyl (C=O) groups excluding carboxylic acids is 1. The summed E-state index contributed by atoms with van der Waals surface area (Å²) in [5.74, 6) is 0. The average Bonchev–Trinajstić information content (AvgIpc) is 2.27. The minimum absolute atomic E-state index is 0.359. The van der Waals surface area contributed by atoms with Gasteiger partial charge in [-0.15, -0.1) is 11.8 Å². The van der Waals surface area contributed by atoms with Gasteiger partial charge in [0.15, 0.2) is 6.29 Å². The van der Waals surface area contributed by atoms with E-state index in [1.807, 2.05) is 19.1 Å². The first-order valence-electron chi connectivity index (χ1n) is 5.72. The number of benzene rings is 1. The van der Waals surface area contributed by atoms with Crippen LogP contribution in [0.1, 0.15) is 29.8 Å². The molecule has 94 valence electrons. The van der Waals surface area contributed by atoms with Gasteiger partial charge in [0.05, 0.1) is 5.56 Å². The minimum atomic E-state index is -0.421. The van der Waals surface area contributed by atoms with Crippen LogP contribution in [0.3, 0.4) is 0 Å². The molecule has 0 N–H and O–H groups in total. The molecule has 4 heteroatoms. The van der Waals surface area contributed by atoms with E-state index < -0.39 is 5.63 Å². The van der Waals surface area contributed by atoms with Gasteiger partial charge >= 0.3 is 5.63 Å². The fourth-order valence-corrected chi connectivity index (χ4v) is 2.78. The van der Waals surface area contributed by atoms with E-state index in [1.165, 1.54) is 6.07 Å². The van der Waals surface area contributed by atoms with Crippen molar-refractivity contribution in [2.45, 2.75) is 30.9 Å². The van der Waals surface area contributed by atoms with Gasteiger partial charge in [-0.05, 0) is 24.6 Å². The molecule has 0 spiro atoms. The van der Waals surface area contributed by atoms with Crippen molar-refractivity contribution in [3.63, 3.8) is 0 Å². The van der Waals surface area contributed by atoms with Gasteiger partial charge in [-0.3, -0.25) is 4.79 Å². The Morgan fingerprint density at radius 2 is 2.06 bits per heavy atom. The highest BCUT2D eigenvalue weighted by Crippen LogP contribution is 2.31. The average molecular weight is 262 g/mol. The van der Waals surface area contributed by atoms with Crippen LogP contribution in [0.5, 0.6) is 0 Å². The molecule has 0 saturated heterocycles. The first-order valence-corrected chi connectivity index (χ1v) is 6.60. The van der Waals surface area contributed by atoms with Crippen LogP contribution in [0, 0.1) is 6.92 Å². The Bertz CT molecular complexity index is 656. The summed E-state index contributed by atoms with van der Waals surface area (Å²) >= 11 is 1.58. The number of fused-ring (bicyclic) bond motifs is 1. The summed E-state index contributed by atoms with van der Waals surface area (Å²) in [6.07, 6.45) is 0.759. The highest BCUT2D eigenvalue weighted by atomic mass is 32.2. The van der Waals surface area contributed by atoms with Crippen LogP contribution >= 0.6 is 11.8 Å². The van der Waals surface area contributed by atoms with Crippen molar-refractivity contribution in [1.29, 1.82) is 0 Å². The number of hydrogen-bond acceptors (Lipinski definition) is 4. The molecular formula is C14H14O3S. The first kappa shape index (κ1) is 12.9. The summed E-state index contributed by atoms with van der Waals surface area (Å²) in [5, 5.41) is 1.17. The number of rotatable bonds is 3. The zero-order valence-corrected chi connectivity index (χ0v) is 11.3. The topological polar surface area (TPSA) is 47.3 Å². The van der Waals surface area contributed by atoms with Crippen molar-refractivity contribution in [2.24, 2.45) is 0 Å². The molecule has 0 fully saturated rings. The van der Waals surface area contributed by atoms with Crippen LogP contribution in [0.25, 0.3) is 11.0 Å². The predicted molar refractivity (Wildman–Crippen MR) is 73.6 cm³/mol. The van der Waals surface area contributed by atoms with E-state index in [0.717, 1.165) is 22.1 Å². The molecule has 0 saturated carbocycles. The van der Waals surface area contributed by atoms with Crippen molar-refractivity contribution >= 4 is 29.0 Å². The molecule has 0 aliphatic heterocycles. The van der Waals surface area contributed by atoms with Gasteiger partial charge in [-0.1, -0.05) is 13.8 Å². The second kappa shape index (κ2) is 4.98. The Balaban J connectivity index is 2.78. The van der Waals surface area contributed by atoms with Gasteiger partial charge in [-0.25, -0.2) is 4.79 Å². The van der Waals surface area contributed by atoms with Crippen LogP contribution in [0.2, 0.25) is 0 Å². The maximum atomic E-state index is 11.4. The van der Waals surface area contributed by atoms with E-state index in [4.69, 9.17) is 4.42 Å². The highest BCUT2D eigenvalue weighted by molar-refractivity contribution is 8.00. The number of aryl methyl sites for hydroxylation is 1. The van der Waals surface area contributed by atoms with Gasteiger partial charge in [-0.2, -0.15) is 0 Å². The van der Waals surface area contributed by atoms with Crippen molar-refractivity contribution < 1.29 is 9.21 Å². The zero-order chi connectivity index (χ0) is 13.3. The van der Waals surface area contributed by atoms with E-state index in [2.05, 4.69) is 13.8 Å². The third kappa shape index (κ3) is 2.34. The summed E-state index contributed by atoms with van der Waals surface area (Å²) in [6, 6.07) is 5.24. The van der Waals surface area contributed by atoms with Gasteiger partial charge < -0.3 is 4.42 Å².